The van der Waals surface area contributed by atoms with Gasteiger partial charge in [-0.05, 0) is 30.5 Å². The Labute approximate surface area is 139 Å². The molecule has 0 saturated carbocycles. The van der Waals surface area contributed by atoms with Crippen LogP contribution < -0.4 is 5.32 Å². The van der Waals surface area contributed by atoms with E-state index in [0.717, 1.165) is 44.0 Å². The van der Waals surface area contributed by atoms with Gasteiger partial charge in [-0.1, -0.05) is 29.8 Å². The van der Waals surface area contributed by atoms with Gasteiger partial charge in [0.2, 0.25) is 0 Å². The molecule has 1 heterocycles. The maximum Gasteiger partial charge on any atom is 0.0409 e. The molecule has 1 aliphatic rings. The van der Waals surface area contributed by atoms with Crippen molar-refractivity contribution in [3.8, 4) is 0 Å². The van der Waals surface area contributed by atoms with Crippen LogP contribution in [0.2, 0.25) is 5.02 Å². The van der Waals surface area contributed by atoms with Gasteiger partial charge in [-0.3, -0.25) is 4.90 Å². The highest BCUT2D eigenvalue weighted by molar-refractivity contribution is 6.30. The number of nitrogens with one attached hydrogen (secondary N) is 1. The predicted molar refractivity (Wildman–Crippen MR) is 92.6 cm³/mol. The Morgan fingerprint density at radius 2 is 2.00 bits per heavy atom. The van der Waals surface area contributed by atoms with Gasteiger partial charge in [0.25, 0.3) is 0 Å². The normalized spacial score (nSPS) is 16.6. The number of allylic oxidation sites excluding steroid dienone is 1. The lowest BCUT2D eigenvalue weighted by molar-refractivity contribution is 0.166. The number of hydrogen-bond donors (Lipinski definition) is 1. The van der Waals surface area contributed by atoms with Crippen molar-refractivity contribution < 1.29 is 0 Å². The first-order valence-corrected chi connectivity index (χ1v) is 7.00. The van der Waals surface area contributed by atoms with E-state index in [4.69, 9.17) is 11.6 Å². The summed E-state index contributed by atoms with van der Waals surface area (Å²) in [4.78, 5) is 2.55. The van der Waals surface area contributed by atoms with E-state index in [2.05, 4.69) is 28.9 Å². The molecule has 0 aliphatic carbocycles. The van der Waals surface area contributed by atoms with Crippen LogP contribution in [0.25, 0.3) is 0 Å². The smallest absolute Gasteiger partial charge is 0.0409 e. The van der Waals surface area contributed by atoms with Crippen LogP contribution in [-0.2, 0) is 0 Å². The van der Waals surface area contributed by atoms with Crippen LogP contribution in [0.4, 0.5) is 0 Å². The van der Waals surface area contributed by atoms with Crippen molar-refractivity contribution in [3.05, 3.63) is 47.5 Å². The van der Waals surface area contributed by atoms with Gasteiger partial charge in [0, 0.05) is 37.2 Å². The topological polar surface area (TPSA) is 15.3 Å². The molecule has 0 bridgehead atoms. The zero-order valence-electron chi connectivity index (χ0n) is 11.6. The Morgan fingerprint density at radius 3 is 2.60 bits per heavy atom. The quantitative estimate of drug-likeness (QED) is 0.814. The fourth-order valence-electron chi connectivity index (χ4n) is 2.54. The Morgan fingerprint density at radius 1 is 1.30 bits per heavy atom. The molecule has 2 rings (SSSR count). The maximum atomic E-state index is 6.11. The molecule has 1 aromatic carbocycles. The summed E-state index contributed by atoms with van der Waals surface area (Å²) in [6.45, 7) is 8.19. The van der Waals surface area contributed by atoms with Gasteiger partial charge in [0.1, 0.15) is 0 Å². The Kier molecular flexibility index (Phi) is 10.3. The third kappa shape index (κ3) is 5.63. The minimum atomic E-state index is 0. The van der Waals surface area contributed by atoms with Gasteiger partial charge in [0.05, 0.1) is 0 Å². The molecule has 0 unspecified atom stereocenters. The zero-order valence-corrected chi connectivity index (χ0v) is 13.9. The van der Waals surface area contributed by atoms with Crippen LogP contribution in [-0.4, -0.2) is 31.1 Å². The molecule has 114 valence electrons. The first-order valence-electron chi connectivity index (χ1n) is 6.62. The van der Waals surface area contributed by atoms with Gasteiger partial charge >= 0.3 is 0 Å². The third-order valence-corrected chi connectivity index (χ3v) is 3.71. The number of benzene rings is 1. The summed E-state index contributed by atoms with van der Waals surface area (Å²) in [7, 11) is 0. The van der Waals surface area contributed by atoms with Crippen molar-refractivity contribution in [2.24, 2.45) is 0 Å². The third-order valence-electron chi connectivity index (χ3n) is 3.47. The molecule has 20 heavy (non-hydrogen) atoms. The predicted octanol–water partition coefficient (Wildman–Crippen LogP) is 4.10. The minimum Gasteiger partial charge on any atom is -0.314 e. The van der Waals surface area contributed by atoms with Crippen molar-refractivity contribution >= 4 is 36.4 Å². The van der Waals surface area contributed by atoms with E-state index in [1.54, 1.807) is 0 Å². The highest BCUT2D eigenvalue weighted by Gasteiger charge is 2.21. The Hall–Kier alpha value is -0.250. The molecule has 2 nitrogen and oxygen atoms in total. The van der Waals surface area contributed by atoms with Crippen molar-refractivity contribution in [2.45, 2.75) is 18.9 Å². The molecule has 1 fully saturated rings. The molecule has 1 aliphatic heterocycles. The maximum absolute atomic E-state index is 6.11. The highest BCUT2D eigenvalue weighted by Crippen LogP contribution is 2.28. The summed E-state index contributed by atoms with van der Waals surface area (Å²) in [5.41, 5.74) is 1.33. The molecular weight excluding hydrogens is 315 g/mol. The summed E-state index contributed by atoms with van der Waals surface area (Å²) in [6, 6.07) is 8.72. The Bertz CT molecular complexity index is 392. The molecule has 0 spiro atoms. The first-order chi connectivity index (χ1) is 8.81. The van der Waals surface area contributed by atoms with Crippen LogP contribution in [0.3, 0.4) is 0 Å². The number of nitrogens with zero attached hydrogens (tertiary/aromatic N) is 1. The number of rotatable bonds is 5. The van der Waals surface area contributed by atoms with Gasteiger partial charge in [0.15, 0.2) is 0 Å². The summed E-state index contributed by atoms with van der Waals surface area (Å²) < 4.78 is 0. The average molecular weight is 338 g/mol. The van der Waals surface area contributed by atoms with Gasteiger partial charge < -0.3 is 5.32 Å². The molecule has 1 saturated heterocycles. The van der Waals surface area contributed by atoms with Crippen molar-refractivity contribution in [1.29, 1.82) is 0 Å². The molecule has 0 radical (unpaired) electrons. The summed E-state index contributed by atoms with van der Waals surface area (Å²) in [5, 5.41) is 4.23. The fraction of sp³-hybridized carbons (Fsp3) is 0.467. The molecule has 0 amide bonds. The largest absolute Gasteiger partial charge is 0.314 e. The first kappa shape index (κ1) is 19.8. The molecule has 1 N–H and O–H groups in total. The van der Waals surface area contributed by atoms with E-state index in [0.29, 0.717) is 6.04 Å². The minimum absolute atomic E-state index is 0. The monoisotopic (exact) mass is 336 g/mol. The van der Waals surface area contributed by atoms with E-state index in [1.807, 2.05) is 18.2 Å². The SMILES string of the molecule is C=CCC[C@H](c1cccc(Cl)c1)N1CCNCC1.Cl.Cl. The zero-order chi connectivity index (χ0) is 12.8. The van der Waals surface area contributed by atoms with Crippen molar-refractivity contribution in [3.63, 3.8) is 0 Å². The van der Waals surface area contributed by atoms with Gasteiger partial charge in [-0.25, -0.2) is 0 Å². The highest BCUT2D eigenvalue weighted by atomic mass is 35.5. The second kappa shape index (κ2) is 10.5. The summed E-state index contributed by atoms with van der Waals surface area (Å²) >= 11 is 6.11. The number of hydrogen-bond acceptors (Lipinski definition) is 2. The van der Waals surface area contributed by atoms with Crippen LogP contribution >= 0.6 is 36.4 Å². The molecule has 1 atom stereocenters. The van der Waals surface area contributed by atoms with Crippen molar-refractivity contribution in [1.82, 2.24) is 10.2 Å². The van der Waals surface area contributed by atoms with Crippen LogP contribution in [0.5, 0.6) is 0 Å². The van der Waals surface area contributed by atoms with E-state index in [9.17, 15) is 0 Å². The van der Waals surface area contributed by atoms with Crippen LogP contribution in [0, 0.1) is 0 Å². The lowest BCUT2D eigenvalue weighted by Crippen LogP contribution is -2.45. The number of halogens is 3. The lowest BCUT2D eigenvalue weighted by Gasteiger charge is -2.35. The standard InChI is InChI=1S/C15H21ClN2.2ClH/c1-2-3-7-15(18-10-8-17-9-11-18)13-5-4-6-14(16)12-13;;/h2,4-6,12,15,17H,1,3,7-11H2;2*1H/t15-;;/m1../s1. The second-order valence-corrected chi connectivity index (χ2v) is 5.16. The molecule has 1 aromatic rings. The van der Waals surface area contributed by atoms with Gasteiger partial charge in [-0.2, -0.15) is 0 Å². The fourth-order valence-corrected chi connectivity index (χ4v) is 2.74. The average Bonchev–Trinajstić information content (AvgIpc) is 2.40. The summed E-state index contributed by atoms with van der Waals surface area (Å²) in [5.74, 6) is 0. The number of piperazine rings is 1. The summed E-state index contributed by atoms with van der Waals surface area (Å²) in [6.07, 6.45) is 4.16. The van der Waals surface area contributed by atoms with Crippen molar-refractivity contribution in [2.75, 3.05) is 26.2 Å². The molecule has 0 aromatic heterocycles. The van der Waals surface area contributed by atoms with Crippen LogP contribution in [0.15, 0.2) is 36.9 Å². The van der Waals surface area contributed by atoms with Gasteiger partial charge in [-0.15, -0.1) is 31.4 Å². The van der Waals surface area contributed by atoms with E-state index < -0.39 is 0 Å². The van der Waals surface area contributed by atoms with E-state index in [-0.39, 0.29) is 24.8 Å². The Balaban J connectivity index is 0.00000180. The van der Waals surface area contributed by atoms with Crippen LogP contribution in [0.1, 0.15) is 24.4 Å². The van der Waals surface area contributed by atoms with E-state index in [1.165, 1.54) is 5.56 Å². The van der Waals surface area contributed by atoms with E-state index >= 15 is 0 Å². The molecule has 5 heteroatoms. The second-order valence-electron chi connectivity index (χ2n) is 4.72. The lowest BCUT2D eigenvalue weighted by atomic mass is 9.99. The molecular formula is C15H23Cl3N2.